The molecule has 2 aromatic heterocycles. The molecule has 0 spiro atoms. The topological polar surface area (TPSA) is 98.2 Å². The van der Waals surface area contributed by atoms with Gasteiger partial charge in [0.05, 0.1) is 16.9 Å². The first kappa shape index (κ1) is 20.8. The SMILES string of the molecule is CC1NCC(OOC(=O)c2ccccc2)c2c1c(C(F)(F)F)nn2-c1cc[nH]c(=O)c1. The van der Waals surface area contributed by atoms with E-state index in [4.69, 9.17) is 9.78 Å². The Morgan fingerprint density at radius 2 is 1.97 bits per heavy atom. The van der Waals surface area contributed by atoms with E-state index in [9.17, 15) is 22.8 Å². The smallest absolute Gasteiger partial charge is 0.329 e. The quantitative estimate of drug-likeness (QED) is 0.484. The number of aromatic nitrogens is 3. The predicted octanol–water partition coefficient (Wildman–Crippen LogP) is 3.07. The number of aromatic amines is 1. The average molecular weight is 434 g/mol. The molecule has 2 N–H and O–H groups in total. The number of H-pyrrole nitrogens is 1. The highest BCUT2D eigenvalue weighted by atomic mass is 19.4. The lowest BCUT2D eigenvalue weighted by atomic mass is 9.97. The molecule has 162 valence electrons. The molecule has 4 rings (SSSR count). The minimum absolute atomic E-state index is 0.0463. The van der Waals surface area contributed by atoms with Crippen LogP contribution in [0, 0.1) is 0 Å². The lowest BCUT2D eigenvalue weighted by molar-refractivity contribution is -0.278. The van der Waals surface area contributed by atoms with Gasteiger partial charge in [-0.25, -0.2) is 9.48 Å². The van der Waals surface area contributed by atoms with Crippen molar-refractivity contribution in [1.29, 1.82) is 0 Å². The molecule has 31 heavy (non-hydrogen) atoms. The van der Waals surface area contributed by atoms with Gasteiger partial charge in [-0.05, 0) is 25.1 Å². The maximum atomic E-state index is 13.7. The molecule has 0 aliphatic carbocycles. The lowest BCUT2D eigenvalue weighted by Crippen LogP contribution is -2.35. The van der Waals surface area contributed by atoms with Gasteiger partial charge in [-0.1, -0.05) is 18.2 Å². The summed E-state index contributed by atoms with van der Waals surface area (Å²) >= 11 is 0. The average Bonchev–Trinajstić information content (AvgIpc) is 3.16. The maximum absolute atomic E-state index is 13.7. The van der Waals surface area contributed by atoms with Gasteiger partial charge in [-0.2, -0.15) is 23.2 Å². The van der Waals surface area contributed by atoms with E-state index in [1.54, 1.807) is 25.1 Å². The van der Waals surface area contributed by atoms with E-state index < -0.39 is 35.5 Å². The van der Waals surface area contributed by atoms with E-state index in [1.807, 2.05) is 0 Å². The first-order valence-electron chi connectivity index (χ1n) is 9.31. The number of nitrogens with zero attached hydrogens (tertiary/aromatic N) is 2. The summed E-state index contributed by atoms with van der Waals surface area (Å²) in [5.74, 6) is -0.793. The number of benzene rings is 1. The second kappa shape index (κ2) is 8.00. The van der Waals surface area contributed by atoms with Crippen molar-refractivity contribution < 1.29 is 27.7 Å². The van der Waals surface area contributed by atoms with Crippen LogP contribution >= 0.6 is 0 Å². The summed E-state index contributed by atoms with van der Waals surface area (Å²) in [4.78, 5) is 36.5. The highest BCUT2D eigenvalue weighted by molar-refractivity contribution is 5.88. The fraction of sp³-hybridized carbons (Fsp3) is 0.250. The summed E-state index contributed by atoms with van der Waals surface area (Å²) in [6.07, 6.45) is -4.54. The maximum Gasteiger partial charge on any atom is 0.435 e. The number of hydrogen-bond acceptors (Lipinski definition) is 6. The number of pyridine rings is 1. The van der Waals surface area contributed by atoms with Gasteiger partial charge in [0.1, 0.15) is 0 Å². The lowest BCUT2D eigenvalue weighted by Gasteiger charge is -2.28. The van der Waals surface area contributed by atoms with Gasteiger partial charge in [-0.15, -0.1) is 0 Å². The third kappa shape index (κ3) is 4.09. The molecule has 3 aromatic rings. The van der Waals surface area contributed by atoms with Crippen molar-refractivity contribution in [3.8, 4) is 5.69 Å². The Balaban J connectivity index is 1.75. The van der Waals surface area contributed by atoms with Crippen LogP contribution in [-0.4, -0.2) is 27.3 Å². The molecule has 0 saturated heterocycles. The highest BCUT2D eigenvalue weighted by Gasteiger charge is 2.44. The Hall–Kier alpha value is -3.44. The molecule has 2 unspecified atom stereocenters. The number of carbonyl (C=O) groups excluding carboxylic acids is 1. The van der Waals surface area contributed by atoms with E-state index in [0.717, 1.165) is 10.7 Å². The van der Waals surface area contributed by atoms with Crippen LogP contribution in [-0.2, 0) is 16.0 Å². The van der Waals surface area contributed by atoms with Crippen LogP contribution in [0.25, 0.3) is 5.69 Å². The standard InChI is InChI=1S/C20H17F3N4O4/c1-11-16-17(14(10-25-11)30-31-19(29)12-5-3-2-4-6-12)27(26-18(16)20(21,22)23)13-7-8-24-15(28)9-13/h2-9,11,14,25H,10H2,1H3,(H,24,28). The number of alkyl halides is 3. The number of rotatable bonds is 4. The molecule has 0 bridgehead atoms. The van der Waals surface area contributed by atoms with Crippen molar-refractivity contribution in [3.05, 3.63) is 81.5 Å². The molecule has 3 heterocycles. The first-order chi connectivity index (χ1) is 14.8. The molecule has 0 radical (unpaired) electrons. The Kier molecular flexibility index (Phi) is 5.38. The first-order valence-corrected chi connectivity index (χ1v) is 9.31. The summed E-state index contributed by atoms with van der Waals surface area (Å²) in [5.41, 5.74) is -1.37. The van der Waals surface area contributed by atoms with Crippen LogP contribution in [0.2, 0.25) is 0 Å². The molecule has 0 saturated carbocycles. The number of halogens is 3. The molecule has 8 nitrogen and oxygen atoms in total. The van der Waals surface area contributed by atoms with E-state index in [0.29, 0.717) is 0 Å². The number of hydrogen-bond donors (Lipinski definition) is 2. The van der Waals surface area contributed by atoms with Crippen LogP contribution in [0.4, 0.5) is 13.2 Å². The normalized spacial score (nSPS) is 18.5. The van der Waals surface area contributed by atoms with Crippen LogP contribution in [0.1, 0.15) is 46.4 Å². The minimum Gasteiger partial charge on any atom is -0.329 e. The van der Waals surface area contributed by atoms with E-state index in [1.165, 1.54) is 24.4 Å². The van der Waals surface area contributed by atoms with Crippen LogP contribution in [0.15, 0.2) is 53.5 Å². The van der Waals surface area contributed by atoms with Crippen molar-refractivity contribution in [3.63, 3.8) is 0 Å². The van der Waals surface area contributed by atoms with Crippen LogP contribution in [0.5, 0.6) is 0 Å². The van der Waals surface area contributed by atoms with Gasteiger partial charge in [0.15, 0.2) is 11.8 Å². The molecule has 1 aromatic carbocycles. The molecule has 0 amide bonds. The van der Waals surface area contributed by atoms with E-state index in [2.05, 4.69) is 15.4 Å². The van der Waals surface area contributed by atoms with Crippen molar-refractivity contribution in [2.45, 2.75) is 25.2 Å². The molecular formula is C20H17F3N4O4. The second-order valence-electron chi connectivity index (χ2n) is 6.92. The molecule has 1 aliphatic rings. The van der Waals surface area contributed by atoms with E-state index in [-0.39, 0.29) is 29.1 Å². The largest absolute Gasteiger partial charge is 0.435 e. The molecule has 0 fully saturated rings. The summed E-state index contributed by atoms with van der Waals surface area (Å²) in [6, 6.07) is 9.84. The third-order valence-corrected chi connectivity index (χ3v) is 4.83. The summed E-state index contributed by atoms with van der Waals surface area (Å²) in [7, 11) is 0. The van der Waals surface area contributed by atoms with Gasteiger partial charge in [0.25, 0.3) is 0 Å². The predicted molar refractivity (Wildman–Crippen MR) is 101 cm³/mol. The zero-order valence-electron chi connectivity index (χ0n) is 16.1. The molecular weight excluding hydrogens is 417 g/mol. The summed E-state index contributed by atoms with van der Waals surface area (Å²) < 4.78 is 42.2. The Morgan fingerprint density at radius 3 is 2.65 bits per heavy atom. The molecule has 2 atom stereocenters. The number of nitrogens with one attached hydrogen (secondary N) is 2. The number of carbonyl (C=O) groups is 1. The Labute approximate surface area is 173 Å². The van der Waals surface area contributed by atoms with Gasteiger partial charge in [0, 0.05) is 30.4 Å². The van der Waals surface area contributed by atoms with Gasteiger partial charge in [0.2, 0.25) is 5.56 Å². The zero-order chi connectivity index (χ0) is 22.2. The van der Waals surface area contributed by atoms with Gasteiger partial charge < -0.3 is 10.3 Å². The summed E-state index contributed by atoms with van der Waals surface area (Å²) in [6.45, 7) is 1.62. The van der Waals surface area contributed by atoms with Gasteiger partial charge >= 0.3 is 12.1 Å². The fourth-order valence-corrected chi connectivity index (χ4v) is 3.44. The fourth-order valence-electron chi connectivity index (χ4n) is 3.44. The van der Waals surface area contributed by atoms with Crippen molar-refractivity contribution in [2.75, 3.05) is 6.54 Å². The van der Waals surface area contributed by atoms with E-state index >= 15 is 0 Å². The van der Waals surface area contributed by atoms with Crippen molar-refractivity contribution >= 4 is 5.97 Å². The highest BCUT2D eigenvalue weighted by Crippen LogP contribution is 2.41. The zero-order valence-corrected chi connectivity index (χ0v) is 16.1. The third-order valence-electron chi connectivity index (χ3n) is 4.83. The molecule has 11 heteroatoms. The second-order valence-corrected chi connectivity index (χ2v) is 6.92. The molecule has 1 aliphatic heterocycles. The monoisotopic (exact) mass is 434 g/mol. The van der Waals surface area contributed by atoms with Crippen LogP contribution < -0.4 is 10.9 Å². The number of fused-ring (bicyclic) bond motifs is 1. The van der Waals surface area contributed by atoms with Crippen molar-refractivity contribution in [1.82, 2.24) is 20.1 Å². The van der Waals surface area contributed by atoms with Gasteiger partial charge in [-0.3, -0.25) is 9.68 Å². The summed E-state index contributed by atoms with van der Waals surface area (Å²) in [5, 5.41) is 6.64. The Bertz CT molecular complexity index is 1160. The minimum atomic E-state index is -4.74. The van der Waals surface area contributed by atoms with Crippen molar-refractivity contribution in [2.24, 2.45) is 0 Å². The van der Waals surface area contributed by atoms with Crippen LogP contribution in [0.3, 0.4) is 0 Å². The Morgan fingerprint density at radius 1 is 1.23 bits per heavy atom.